The van der Waals surface area contributed by atoms with E-state index in [4.69, 9.17) is 0 Å². The van der Waals surface area contributed by atoms with Gasteiger partial charge in [0.15, 0.2) is 0 Å². The average molecular weight is 591 g/mol. The Balaban J connectivity index is 1.47. The number of hydrogen-bond donors (Lipinski definition) is 0. The zero-order valence-corrected chi connectivity index (χ0v) is 25.6. The molecule has 0 bridgehead atoms. The summed E-state index contributed by atoms with van der Waals surface area (Å²) in [5, 5.41) is 4.76. The fourth-order valence-electron chi connectivity index (χ4n) is 6.27. The van der Waals surface area contributed by atoms with Crippen molar-refractivity contribution in [3.05, 3.63) is 201 Å². The van der Waals surface area contributed by atoms with Gasteiger partial charge < -0.3 is 9.80 Å². The lowest BCUT2D eigenvalue weighted by Gasteiger charge is -2.27. The van der Waals surface area contributed by atoms with Crippen molar-refractivity contribution in [3.63, 3.8) is 0 Å². The molecule has 0 saturated heterocycles. The smallest absolute Gasteiger partial charge is 0.0468 e. The molecule has 0 saturated carbocycles. The average Bonchev–Trinajstić information content (AvgIpc) is 3.12. The lowest BCUT2D eigenvalue weighted by molar-refractivity contribution is 1.21. The Labute approximate surface area is 271 Å². The Bertz CT molecular complexity index is 2130. The number of allylic oxidation sites excluding steroid dienone is 3. The maximum atomic E-state index is 4.12. The highest BCUT2D eigenvalue weighted by Crippen LogP contribution is 2.43. The van der Waals surface area contributed by atoms with E-state index in [0.717, 1.165) is 34.1 Å². The van der Waals surface area contributed by atoms with Crippen molar-refractivity contribution >= 4 is 50.0 Å². The molecule has 0 heterocycles. The molecule has 2 nitrogen and oxygen atoms in total. The van der Waals surface area contributed by atoms with Crippen molar-refractivity contribution in [2.45, 2.75) is 0 Å². The predicted octanol–water partition coefficient (Wildman–Crippen LogP) is 12.5. The molecule has 2 heteroatoms. The van der Waals surface area contributed by atoms with Gasteiger partial charge in [0.05, 0.1) is 0 Å². The summed E-state index contributed by atoms with van der Waals surface area (Å²) in [4.78, 5) is 4.54. The zero-order chi connectivity index (χ0) is 31.3. The molecule has 0 aliphatic heterocycles. The molecule has 0 N–H and O–H groups in total. The number of para-hydroxylation sites is 3. The van der Waals surface area contributed by atoms with Gasteiger partial charge in [-0.3, -0.25) is 0 Å². The normalized spacial score (nSPS) is 11.3. The standard InChI is InChI=1S/C44H34N2/c1-3-17-36(4-2)45(37-20-11-6-12-21-37)41-27-26-34-30-35-31-40(46(38-22-13-7-14-23-38)39-24-15-8-16-25-39)28-29-42(35)44(43(34)32-41)33-18-9-5-10-19-33/h3-32H,1-2H2/b36-17+. The highest BCUT2D eigenvalue weighted by molar-refractivity contribution is 6.14. The first-order valence-corrected chi connectivity index (χ1v) is 15.5. The Morgan fingerprint density at radius 3 is 1.61 bits per heavy atom. The van der Waals surface area contributed by atoms with Gasteiger partial charge in [0, 0.05) is 34.1 Å². The summed E-state index contributed by atoms with van der Waals surface area (Å²) in [6.07, 6.45) is 5.68. The molecule has 7 rings (SSSR count). The minimum atomic E-state index is 0.953. The van der Waals surface area contributed by atoms with Crippen LogP contribution in [-0.4, -0.2) is 0 Å². The molecule has 0 fully saturated rings. The molecule has 0 spiro atoms. The molecular formula is C44H34N2. The van der Waals surface area contributed by atoms with Gasteiger partial charge >= 0.3 is 0 Å². The van der Waals surface area contributed by atoms with Gasteiger partial charge in [0.1, 0.15) is 0 Å². The van der Waals surface area contributed by atoms with Crippen LogP contribution in [0.1, 0.15) is 0 Å². The van der Waals surface area contributed by atoms with Crippen molar-refractivity contribution in [1.82, 2.24) is 0 Å². The Morgan fingerprint density at radius 1 is 0.457 bits per heavy atom. The number of anilines is 5. The minimum absolute atomic E-state index is 0.953. The van der Waals surface area contributed by atoms with Gasteiger partial charge in [-0.25, -0.2) is 0 Å². The van der Waals surface area contributed by atoms with E-state index in [1.807, 2.05) is 24.3 Å². The maximum Gasteiger partial charge on any atom is 0.0468 e. The number of nitrogens with zero attached hydrogens (tertiary/aromatic N) is 2. The quantitative estimate of drug-likeness (QED) is 0.122. The summed E-state index contributed by atoms with van der Waals surface area (Å²) in [6.45, 7) is 8.08. The summed E-state index contributed by atoms with van der Waals surface area (Å²) < 4.78 is 0. The van der Waals surface area contributed by atoms with Gasteiger partial charge in [-0.05, 0) is 112 Å². The molecule has 0 radical (unpaired) electrons. The van der Waals surface area contributed by atoms with Crippen LogP contribution in [-0.2, 0) is 0 Å². The van der Waals surface area contributed by atoms with Crippen LogP contribution >= 0.6 is 0 Å². The molecule has 7 aromatic carbocycles. The molecule has 46 heavy (non-hydrogen) atoms. The van der Waals surface area contributed by atoms with Crippen LogP contribution < -0.4 is 9.80 Å². The summed E-state index contributed by atoms with van der Waals surface area (Å²) in [5.74, 6) is 0. The van der Waals surface area contributed by atoms with Gasteiger partial charge in [-0.2, -0.15) is 0 Å². The molecule has 0 unspecified atom stereocenters. The van der Waals surface area contributed by atoms with Gasteiger partial charge in [0.25, 0.3) is 0 Å². The monoisotopic (exact) mass is 590 g/mol. The number of benzene rings is 7. The molecule has 0 aromatic heterocycles. The fraction of sp³-hybridized carbons (Fsp3) is 0. The zero-order valence-electron chi connectivity index (χ0n) is 25.6. The second-order valence-electron chi connectivity index (χ2n) is 11.1. The van der Waals surface area contributed by atoms with Gasteiger partial charge in [0.2, 0.25) is 0 Å². The van der Waals surface area contributed by atoms with Crippen molar-refractivity contribution in [2.75, 3.05) is 9.80 Å². The second-order valence-corrected chi connectivity index (χ2v) is 11.1. The third kappa shape index (κ3) is 5.49. The molecule has 7 aromatic rings. The van der Waals surface area contributed by atoms with Crippen LogP contribution in [0, 0.1) is 0 Å². The Morgan fingerprint density at radius 2 is 1.02 bits per heavy atom. The SMILES string of the molecule is C=C/C=C(\C=C)N(c1ccccc1)c1ccc2cc3cc(N(c4ccccc4)c4ccccc4)ccc3c(-c3ccccc3)c2c1. The van der Waals surface area contributed by atoms with Crippen molar-refractivity contribution in [3.8, 4) is 11.1 Å². The van der Waals surface area contributed by atoms with E-state index >= 15 is 0 Å². The molecule has 220 valence electrons. The predicted molar refractivity (Wildman–Crippen MR) is 199 cm³/mol. The van der Waals surface area contributed by atoms with E-state index in [0.29, 0.717) is 0 Å². The Kier molecular flexibility index (Phi) is 8.00. The summed E-state index contributed by atoms with van der Waals surface area (Å²) >= 11 is 0. The molecule has 0 amide bonds. The van der Waals surface area contributed by atoms with Crippen molar-refractivity contribution < 1.29 is 0 Å². The topological polar surface area (TPSA) is 6.48 Å². The van der Waals surface area contributed by atoms with Crippen LogP contribution in [0.5, 0.6) is 0 Å². The first-order valence-electron chi connectivity index (χ1n) is 15.5. The van der Waals surface area contributed by atoms with Crippen LogP contribution in [0.3, 0.4) is 0 Å². The van der Waals surface area contributed by atoms with E-state index in [-0.39, 0.29) is 0 Å². The molecule has 0 atom stereocenters. The van der Waals surface area contributed by atoms with Gasteiger partial charge in [-0.1, -0.05) is 116 Å². The van der Waals surface area contributed by atoms with Crippen LogP contribution in [0.25, 0.3) is 32.7 Å². The van der Waals surface area contributed by atoms with Gasteiger partial charge in [-0.15, -0.1) is 0 Å². The fourth-order valence-corrected chi connectivity index (χ4v) is 6.27. The third-order valence-corrected chi connectivity index (χ3v) is 8.30. The van der Waals surface area contributed by atoms with Crippen LogP contribution in [0.2, 0.25) is 0 Å². The van der Waals surface area contributed by atoms with E-state index in [1.54, 1.807) is 0 Å². The number of rotatable bonds is 9. The molecule has 0 aliphatic carbocycles. The van der Waals surface area contributed by atoms with E-state index < -0.39 is 0 Å². The van der Waals surface area contributed by atoms with E-state index in [2.05, 4.69) is 181 Å². The highest BCUT2D eigenvalue weighted by atomic mass is 15.1. The lowest BCUT2D eigenvalue weighted by atomic mass is 9.91. The third-order valence-electron chi connectivity index (χ3n) is 8.30. The van der Waals surface area contributed by atoms with E-state index in [9.17, 15) is 0 Å². The Hall–Kier alpha value is -6.12. The summed E-state index contributed by atoms with van der Waals surface area (Å²) in [5.41, 5.74) is 8.81. The molecular weight excluding hydrogens is 556 g/mol. The largest absolute Gasteiger partial charge is 0.311 e. The van der Waals surface area contributed by atoms with Crippen molar-refractivity contribution in [2.24, 2.45) is 0 Å². The van der Waals surface area contributed by atoms with Crippen LogP contribution in [0.15, 0.2) is 201 Å². The van der Waals surface area contributed by atoms with E-state index in [1.165, 1.54) is 32.7 Å². The number of hydrogen-bond acceptors (Lipinski definition) is 2. The highest BCUT2D eigenvalue weighted by Gasteiger charge is 2.18. The maximum absolute atomic E-state index is 4.12. The lowest BCUT2D eigenvalue weighted by Crippen LogP contribution is -2.14. The first-order chi connectivity index (χ1) is 22.7. The summed E-state index contributed by atoms with van der Waals surface area (Å²) in [7, 11) is 0. The van der Waals surface area contributed by atoms with Crippen molar-refractivity contribution in [1.29, 1.82) is 0 Å². The number of fused-ring (bicyclic) bond motifs is 2. The molecule has 0 aliphatic rings. The second kappa shape index (κ2) is 12.9. The first kappa shape index (κ1) is 28.6. The van der Waals surface area contributed by atoms with Crippen LogP contribution in [0.4, 0.5) is 28.4 Å². The minimum Gasteiger partial charge on any atom is -0.311 e. The summed E-state index contributed by atoms with van der Waals surface area (Å²) in [6, 6.07) is 58.1.